The number of aryl methyl sites for hydroxylation is 1. The van der Waals surface area contributed by atoms with Crippen LogP contribution >= 0.6 is 0 Å². The van der Waals surface area contributed by atoms with Gasteiger partial charge in [0.25, 0.3) is 0 Å². The summed E-state index contributed by atoms with van der Waals surface area (Å²) in [5.74, 6) is 1.86. The number of aromatic nitrogens is 1. The van der Waals surface area contributed by atoms with Gasteiger partial charge in [0.2, 0.25) is 5.91 Å². The Labute approximate surface area is 271 Å². The number of fused-ring (bicyclic) bond motifs is 3. The van der Waals surface area contributed by atoms with Crippen molar-refractivity contribution in [2.24, 2.45) is 11.8 Å². The quantitative estimate of drug-likeness (QED) is 0.170. The number of unbranched alkanes of at least 4 members (excludes halogenated alkanes) is 5. The van der Waals surface area contributed by atoms with Crippen LogP contribution in [-0.4, -0.2) is 38.9 Å². The number of aliphatic hydroxyl groups is 1. The number of ketones is 1. The van der Waals surface area contributed by atoms with Crippen LogP contribution < -0.4 is 0 Å². The number of benzene rings is 1. The van der Waals surface area contributed by atoms with Crippen molar-refractivity contribution in [3.8, 4) is 0 Å². The van der Waals surface area contributed by atoms with Crippen molar-refractivity contribution in [3.63, 3.8) is 0 Å². The maximum atomic E-state index is 13.6. The van der Waals surface area contributed by atoms with E-state index in [0.717, 1.165) is 96.1 Å². The van der Waals surface area contributed by atoms with Crippen LogP contribution in [0.3, 0.4) is 0 Å². The number of carbonyl (C=O) groups is 2. The molecule has 0 saturated heterocycles. The van der Waals surface area contributed by atoms with E-state index in [9.17, 15) is 14.7 Å². The van der Waals surface area contributed by atoms with Gasteiger partial charge >= 0.3 is 0 Å². The first kappa shape index (κ1) is 32.5. The molecule has 4 atom stereocenters. The van der Waals surface area contributed by atoms with E-state index >= 15 is 0 Å². The van der Waals surface area contributed by atoms with E-state index in [0.29, 0.717) is 24.5 Å². The van der Waals surface area contributed by atoms with Gasteiger partial charge < -0.3 is 14.6 Å². The third kappa shape index (κ3) is 7.45. The van der Waals surface area contributed by atoms with Crippen LogP contribution in [0.1, 0.15) is 158 Å². The van der Waals surface area contributed by atoms with Gasteiger partial charge in [0.05, 0.1) is 12.1 Å². The van der Waals surface area contributed by atoms with Crippen molar-refractivity contribution in [3.05, 3.63) is 47.2 Å². The third-order valence-corrected chi connectivity index (χ3v) is 11.8. The molecule has 1 N–H and O–H groups in total. The molecule has 0 spiro atoms. The lowest BCUT2D eigenvalue weighted by molar-refractivity contribution is -0.135. The summed E-state index contributed by atoms with van der Waals surface area (Å²) in [6.45, 7) is 3.92. The van der Waals surface area contributed by atoms with Crippen molar-refractivity contribution in [1.29, 1.82) is 0 Å². The first-order chi connectivity index (χ1) is 22.0. The molecule has 45 heavy (non-hydrogen) atoms. The maximum absolute atomic E-state index is 13.6. The molecule has 2 aromatic rings. The van der Waals surface area contributed by atoms with Gasteiger partial charge in [-0.2, -0.15) is 0 Å². The summed E-state index contributed by atoms with van der Waals surface area (Å²) in [5.41, 5.74) is 5.89. The first-order valence-corrected chi connectivity index (χ1v) is 18.9. The molecule has 2 saturated carbocycles. The number of rotatable bonds is 14. The predicted octanol–water partition coefficient (Wildman–Crippen LogP) is 9.34. The Bertz CT molecular complexity index is 1330. The number of Topliss-reactive ketones (excluding diaryl/α,β-unsaturated/α-hetero) is 1. The minimum atomic E-state index is -0.381. The second kappa shape index (κ2) is 15.5. The standard InChI is InChI=1S/C40H58N2O3/c1-2-3-7-15-32(43)23-20-30-22-25-38(44)33(30)16-10-4-5-11-19-39(45)41-26-27-42-36-24-21-31(29-13-8-6-9-14-29)28-35(36)34-17-12-18-37(41)40(34)42/h20-21,23-24,28-30,32-33,37,43H,2-19,22,25-27H2,1H3/t30-,32+,33-,37-/m1/s1. The van der Waals surface area contributed by atoms with Crippen LogP contribution in [0.2, 0.25) is 0 Å². The second-order valence-electron chi connectivity index (χ2n) is 14.8. The number of hydrogen-bond acceptors (Lipinski definition) is 3. The van der Waals surface area contributed by atoms with Gasteiger partial charge in [-0.25, -0.2) is 0 Å². The highest BCUT2D eigenvalue weighted by Gasteiger charge is 2.37. The Morgan fingerprint density at radius 3 is 2.64 bits per heavy atom. The average molecular weight is 615 g/mol. The van der Waals surface area contributed by atoms with E-state index in [1.165, 1.54) is 66.2 Å². The summed E-state index contributed by atoms with van der Waals surface area (Å²) in [7, 11) is 0. The molecule has 3 aliphatic carbocycles. The Hall–Kier alpha value is -2.40. The van der Waals surface area contributed by atoms with E-state index in [1.54, 1.807) is 0 Å². The van der Waals surface area contributed by atoms with Crippen LogP contribution in [0.5, 0.6) is 0 Å². The third-order valence-electron chi connectivity index (χ3n) is 11.8. The van der Waals surface area contributed by atoms with Gasteiger partial charge in [-0.15, -0.1) is 0 Å². The van der Waals surface area contributed by atoms with Crippen LogP contribution in [-0.2, 0) is 22.6 Å². The van der Waals surface area contributed by atoms with E-state index in [1.807, 2.05) is 6.08 Å². The molecule has 0 bridgehead atoms. The average Bonchev–Trinajstić information content (AvgIpc) is 3.59. The number of nitrogens with zero attached hydrogens (tertiary/aromatic N) is 2. The fourth-order valence-electron chi connectivity index (χ4n) is 9.26. The highest BCUT2D eigenvalue weighted by atomic mass is 16.3. The topological polar surface area (TPSA) is 62.5 Å². The molecule has 5 nitrogen and oxygen atoms in total. The van der Waals surface area contributed by atoms with Crippen LogP contribution in [0.25, 0.3) is 10.9 Å². The lowest BCUT2D eigenvalue weighted by Gasteiger charge is -2.40. The van der Waals surface area contributed by atoms with Gasteiger partial charge in [-0.1, -0.05) is 82.9 Å². The van der Waals surface area contributed by atoms with E-state index in [-0.39, 0.29) is 24.0 Å². The Morgan fingerprint density at radius 2 is 1.80 bits per heavy atom. The molecule has 1 aromatic carbocycles. The number of allylic oxidation sites excluding steroid dienone is 1. The Morgan fingerprint density at radius 1 is 0.956 bits per heavy atom. The fraction of sp³-hybridized carbons (Fsp3) is 0.700. The van der Waals surface area contributed by atoms with Crippen molar-refractivity contribution < 1.29 is 14.7 Å². The molecular formula is C40H58N2O3. The summed E-state index contributed by atoms with van der Waals surface area (Å²) in [5, 5.41) is 11.7. The molecule has 4 aliphatic rings. The molecular weight excluding hydrogens is 556 g/mol. The number of hydrogen-bond donors (Lipinski definition) is 1. The summed E-state index contributed by atoms with van der Waals surface area (Å²) < 4.78 is 2.56. The van der Waals surface area contributed by atoms with E-state index < -0.39 is 0 Å². The highest BCUT2D eigenvalue weighted by Crippen LogP contribution is 2.44. The van der Waals surface area contributed by atoms with Gasteiger partial charge in [0.1, 0.15) is 5.78 Å². The summed E-state index contributed by atoms with van der Waals surface area (Å²) in [6.07, 6.45) is 25.4. The van der Waals surface area contributed by atoms with Crippen molar-refractivity contribution >= 4 is 22.6 Å². The lowest BCUT2D eigenvalue weighted by atomic mass is 9.83. The zero-order valence-electron chi connectivity index (χ0n) is 28.0. The van der Waals surface area contributed by atoms with E-state index in [4.69, 9.17) is 0 Å². The summed E-state index contributed by atoms with van der Waals surface area (Å²) in [6, 6.07) is 7.56. The minimum absolute atomic E-state index is 0.116. The maximum Gasteiger partial charge on any atom is 0.223 e. The van der Waals surface area contributed by atoms with Gasteiger partial charge in [-0.05, 0) is 92.9 Å². The summed E-state index contributed by atoms with van der Waals surface area (Å²) >= 11 is 0. The van der Waals surface area contributed by atoms with Gasteiger partial charge in [0, 0.05) is 48.4 Å². The number of carbonyl (C=O) groups excluding carboxylic acids is 2. The van der Waals surface area contributed by atoms with Crippen molar-refractivity contribution in [1.82, 2.24) is 9.47 Å². The minimum Gasteiger partial charge on any atom is -0.389 e. The van der Waals surface area contributed by atoms with Crippen LogP contribution in [0, 0.1) is 11.8 Å². The van der Waals surface area contributed by atoms with E-state index in [2.05, 4.69) is 40.7 Å². The van der Waals surface area contributed by atoms with Gasteiger partial charge in [0.15, 0.2) is 0 Å². The van der Waals surface area contributed by atoms with Gasteiger partial charge in [-0.3, -0.25) is 9.59 Å². The molecule has 246 valence electrons. The molecule has 0 unspecified atom stereocenters. The monoisotopic (exact) mass is 614 g/mol. The lowest BCUT2D eigenvalue weighted by Crippen LogP contribution is -2.43. The molecule has 2 heterocycles. The normalized spacial score (nSPS) is 24.5. The molecule has 1 aliphatic heterocycles. The zero-order chi connectivity index (χ0) is 31.2. The molecule has 1 amide bonds. The SMILES string of the molecule is CCCCC[C@H](O)C=C[C@@H]1CCC(=O)[C@@H]1CCCCCCC(=O)N1CCn2c3c(c4cc(C5CCCCC5)ccc42)CCC[C@H]31. The Balaban J connectivity index is 0.981. The molecule has 2 fully saturated rings. The number of amides is 1. The van der Waals surface area contributed by atoms with Crippen molar-refractivity contribution in [2.45, 2.75) is 160 Å². The zero-order valence-corrected chi connectivity index (χ0v) is 28.0. The largest absolute Gasteiger partial charge is 0.389 e. The summed E-state index contributed by atoms with van der Waals surface area (Å²) in [4.78, 5) is 28.4. The van der Waals surface area contributed by atoms with Crippen LogP contribution in [0.15, 0.2) is 30.4 Å². The molecule has 6 rings (SSSR count). The molecule has 0 radical (unpaired) electrons. The van der Waals surface area contributed by atoms with Crippen molar-refractivity contribution in [2.75, 3.05) is 6.54 Å². The number of aliphatic hydroxyl groups excluding tert-OH is 1. The fourth-order valence-corrected chi connectivity index (χ4v) is 9.26. The molecule has 1 aromatic heterocycles. The van der Waals surface area contributed by atoms with Crippen LogP contribution in [0.4, 0.5) is 0 Å². The highest BCUT2D eigenvalue weighted by molar-refractivity contribution is 5.88. The second-order valence-corrected chi connectivity index (χ2v) is 14.8. The smallest absolute Gasteiger partial charge is 0.223 e. The Kier molecular flexibility index (Phi) is 11.2. The predicted molar refractivity (Wildman–Crippen MR) is 183 cm³/mol. The first-order valence-electron chi connectivity index (χ1n) is 18.9. The molecule has 5 heteroatoms.